The first-order chi connectivity index (χ1) is 19.0. The van der Waals surface area contributed by atoms with Crippen LogP contribution in [0, 0.1) is 23.0 Å². The molecule has 1 unspecified atom stereocenters. The molecule has 7 heteroatoms. The smallest absolute Gasteiger partial charge is 0.303 e. The molecule has 1 N–H and O–H groups in total. The molecule has 0 bridgehead atoms. The van der Waals surface area contributed by atoms with Crippen LogP contribution in [-0.4, -0.2) is 11.1 Å². The highest BCUT2D eigenvalue weighted by atomic mass is 19.3. The SMILES string of the molecule is CCCC(C)(C)Cc1cc(COc2cccc(C(CC(=O)O)C3CC3)c2F)ccc1-c1cc(C(F)F)ccc1F. The average molecular weight is 557 g/mol. The zero-order valence-electron chi connectivity index (χ0n) is 23.2. The van der Waals surface area contributed by atoms with Crippen molar-refractivity contribution in [3.63, 3.8) is 0 Å². The quantitative estimate of drug-likeness (QED) is 0.213. The Morgan fingerprint density at radius 1 is 1.05 bits per heavy atom. The molecule has 214 valence electrons. The summed E-state index contributed by atoms with van der Waals surface area (Å²) in [5, 5.41) is 9.32. The number of carbonyl (C=O) groups is 1. The van der Waals surface area contributed by atoms with Crippen LogP contribution in [0.1, 0.15) is 87.5 Å². The van der Waals surface area contributed by atoms with Gasteiger partial charge in [-0.1, -0.05) is 63.6 Å². The lowest BCUT2D eigenvalue weighted by Crippen LogP contribution is -2.15. The zero-order valence-corrected chi connectivity index (χ0v) is 23.2. The van der Waals surface area contributed by atoms with E-state index >= 15 is 4.39 Å². The number of ether oxygens (including phenoxy) is 1. The molecule has 1 saturated carbocycles. The molecular formula is C33H36F4O3. The van der Waals surface area contributed by atoms with Crippen LogP contribution >= 0.6 is 0 Å². The number of hydrogen-bond donors (Lipinski definition) is 1. The van der Waals surface area contributed by atoms with Crippen molar-refractivity contribution in [2.24, 2.45) is 11.3 Å². The van der Waals surface area contributed by atoms with Crippen LogP contribution in [0.15, 0.2) is 54.6 Å². The maximum Gasteiger partial charge on any atom is 0.303 e. The van der Waals surface area contributed by atoms with Gasteiger partial charge in [0.15, 0.2) is 11.6 Å². The second-order valence-corrected chi connectivity index (χ2v) is 11.6. The van der Waals surface area contributed by atoms with Crippen LogP contribution in [0.3, 0.4) is 0 Å². The molecule has 0 radical (unpaired) electrons. The third-order valence-corrected chi connectivity index (χ3v) is 7.67. The maximum atomic E-state index is 15.5. The number of halogens is 4. The molecule has 0 amide bonds. The third-order valence-electron chi connectivity index (χ3n) is 7.67. The van der Waals surface area contributed by atoms with E-state index in [2.05, 4.69) is 20.8 Å². The topological polar surface area (TPSA) is 46.5 Å². The summed E-state index contributed by atoms with van der Waals surface area (Å²) >= 11 is 0. The van der Waals surface area contributed by atoms with Gasteiger partial charge < -0.3 is 9.84 Å². The molecule has 0 aliphatic heterocycles. The Morgan fingerprint density at radius 3 is 2.45 bits per heavy atom. The molecule has 3 nitrogen and oxygen atoms in total. The maximum absolute atomic E-state index is 15.5. The zero-order chi connectivity index (χ0) is 29.0. The van der Waals surface area contributed by atoms with Crippen molar-refractivity contribution in [2.75, 3.05) is 0 Å². The summed E-state index contributed by atoms with van der Waals surface area (Å²) in [4.78, 5) is 11.4. The highest BCUT2D eigenvalue weighted by Crippen LogP contribution is 2.46. The van der Waals surface area contributed by atoms with Crippen LogP contribution in [-0.2, 0) is 17.8 Å². The van der Waals surface area contributed by atoms with Crippen molar-refractivity contribution < 1.29 is 32.2 Å². The molecular weight excluding hydrogens is 520 g/mol. The average Bonchev–Trinajstić information content (AvgIpc) is 3.72. The molecule has 1 fully saturated rings. The van der Waals surface area contributed by atoms with Crippen molar-refractivity contribution in [1.82, 2.24) is 0 Å². The van der Waals surface area contributed by atoms with E-state index in [-0.39, 0.29) is 41.2 Å². The number of aliphatic carboxylic acids is 1. The van der Waals surface area contributed by atoms with Crippen molar-refractivity contribution in [3.05, 3.63) is 88.5 Å². The van der Waals surface area contributed by atoms with Gasteiger partial charge in [0.25, 0.3) is 6.43 Å². The highest BCUT2D eigenvalue weighted by molar-refractivity contribution is 5.70. The molecule has 0 heterocycles. The van der Waals surface area contributed by atoms with E-state index in [0.29, 0.717) is 17.5 Å². The van der Waals surface area contributed by atoms with Gasteiger partial charge in [0.05, 0.1) is 6.42 Å². The summed E-state index contributed by atoms with van der Waals surface area (Å²) in [6.07, 6.45) is 1.38. The predicted octanol–water partition coefficient (Wildman–Crippen LogP) is 9.49. The monoisotopic (exact) mass is 556 g/mol. The first-order valence-electron chi connectivity index (χ1n) is 13.8. The van der Waals surface area contributed by atoms with Crippen LogP contribution in [0.5, 0.6) is 5.75 Å². The molecule has 0 spiro atoms. The minimum atomic E-state index is -2.72. The lowest BCUT2D eigenvalue weighted by atomic mass is 9.79. The van der Waals surface area contributed by atoms with Crippen molar-refractivity contribution >= 4 is 5.97 Å². The summed E-state index contributed by atoms with van der Waals surface area (Å²) in [5.74, 6) is -2.28. The second-order valence-electron chi connectivity index (χ2n) is 11.6. The number of carboxylic acid groups (broad SMARTS) is 1. The Labute approximate surface area is 233 Å². The molecule has 0 saturated heterocycles. The number of alkyl halides is 2. The Kier molecular flexibility index (Phi) is 9.22. The van der Waals surface area contributed by atoms with Crippen molar-refractivity contribution in [3.8, 4) is 16.9 Å². The van der Waals surface area contributed by atoms with Gasteiger partial charge in [-0.3, -0.25) is 4.79 Å². The second kappa shape index (κ2) is 12.4. The van der Waals surface area contributed by atoms with E-state index in [1.54, 1.807) is 24.3 Å². The van der Waals surface area contributed by atoms with Gasteiger partial charge in [-0.2, -0.15) is 0 Å². The van der Waals surface area contributed by atoms with Gasteiger partial charge in [-0.25, -0.2) is 17.6 Å². The standard InChI is InChI=1S/C33H36F4O3/c1-4-14-33(2,3)18-23-15-20(8-12-24(23)27-16-22(32(36)37)11-13-28(27)34)19-40-29-7-5-6-25(31(29)35)26(17-30(38)39)21-9-10-21/h5-8,11-13,15-16,21,26,32H,4,9-10,14,17-19H2,1-3H3,(H,38,39). The summed E-state index contributed by atoms with van der Waals surface area (Å²) in [5.41, 5.74) is 2.18. The normalized spacial score (nSPS) is 14.4. The van der Waals surface area contributed by atoms with E-state index in [1.165, 1.54) is 12.1 Å². The Bertz CT molecular complexity index is 1350. The fourth-order valence-electron chi connectivity index (χ4n) is 5.62. The van der Waals surface area contributed by atoms with Crippen LogP contribution in [0.4, 0.5) is 17.6 Å². The summed E-state index contributed by atoms with van der Waals surface area (Å²) in [6.45, 7) is 6.35. The number of carboxylic acids is 1. The van der Waals surface area contributed by atoms with Crippen molar-refractivity contribution in [1.29, 1.82) is 0 Å². The minimum Gasteiger partial charge on any atom is -0.486 e. The molecule has 4 rings (SSSR count). The van der Waals surface area contributed by atoms with E-state index in [0.717, 1.165) is 48.9 Å². The summed E-state index contributed by atoms with van der Waals surface area (Å²) in [7, 11) is 0. The van der Waals surface area contributed by atoms with E-state index in [1.807, 2.05) is 6.07 Å². The Morgan fingerprint density at radius 2 is 1.80 bits per heavy atom. The number of benzene rings is 3. The molecule has 1 atom stereocenters. The van der Waals surface area contributed by atoms with Crippen LogP contribution in [0.25, 0.3) is 11.1 Å². The highest BCUT2D eigenvalue weighted by Gasteiger charge is 2.36. The van der Waals surface area contributed by atoms with E-state index in [9.17, 15) is 23.1 Å². The molecule has 40 heavy (non-hydrogen) atoms. The fraction of sp³-hybridized carbons (Fsp3) is 0.424. The number of rotatable bonds is 13. The Balaban J connectivity index is 1.64. The molecule has 3 aromatic carbocycles. The molecule has 1 aliphatic rings. The fourth-order valence-corrected chi connectivity index (χ4v) is 5.62. The van der Waals surface area contributed by atoms with Crippen LogP contribution < -0.4 is 4.74 Å². The van der Waals surface area contributed by atoms with Gasteiger partial charge in [0, 0.05) is 17.0 Å². The first kappa shape index (κ1) is 29.6. The lowest BCUT2D eigenvalue weighted by Gasteiger charge is -2.26. The van der Waals surface area contributed by atoms with Gasteiger partial charge in [0.1, 0.15) is 12.4 Å². The van der Waals surface area contributed by atoms with Gasteiger partial charge >= 0.3 is 5.97 Å². The van der Waals surface area contributed by atoms with Crippen LogP contribution in [0.2, 0.25) is 0 Å². The lowest BCUT2D eigenvalue weighted by molar-refractivity contribution is -0.137. The first-order valence-corrected chi connectivity index (χ1v) is 13.8. The molecule has 0 aromatic heterocycles. The Hall–Kier alpha value is -3.35. The van der Waals surface area contributed by atoms with E-state index in [4.69, 9.17) is 4.74 Å². The number of hydrogen-bond acceptors (Lipinski definition) is 2. The molecule has 1 aliphatic carbocycles. The van der Waals surface area contributed by atoms with Gasteiger partial charge in [-0.05, 0) is 77.5 Å². The predicted molar refractivity (Wildman–Crippen MR) is 148 cm³/mol. The summed E-state index contributed by atoms with van der Waals surface area (Å²) in [6, 6.07) is 13.5. The van der Waals surface area contributed by atoms with Crippen molar-refractivity contribution in [2.45, 2.75) is 78.2 Å². The van der Waals surface area contributed by atoms with E-state index < -0.39 is 29.9 Å². The van der Waals surface area contributed by atoms with Gasteiger partial charge in [0.2, 0.25) is 0 Å². The minimum absolute atomic E-state index is 0.0362. The van der Waals surface area contributed by atoms with Gasteiger partial charge in [-0.15, -0.1) is 0 Å². The molecule has 3 aromatic rings. The summed E-state index contributed by atoms with van der Waals surface area (Å²) < 4.78 is 63.1. The third kappa shape index (κ3) is 7.23. The largest absolute Gasteiger partial charge is 0.486 e.